The molecule has 0 spiro atoms. The highest BCUT2D eigenvalue weighted by Gasteiger charge is 2.10. The molecule has 2 heterocycles. The van der Waals surface area contributed by atoms with E-state index in [1.165, 1.54) is 17.7 Å². The van der Waals surface area contributed by atoms with Crippen LogP contribution in [0.15, 0.2) is 60.9 Å². The summed E-state index contributed by atoms with van der Waals surface area (Å²) in [6.45, 7) is 2.03. The van der Waals surface area contributed by atoms with Crippen molar-refractivity contribution in [2.75, 3.05) is 10.6 Å². The highest BCUT2D eigenvalue weighted by molar-refractivity contribution is 5.85. The molecule has 0 radical (unpaired) electrons. The van der Waals surface area contributed by atoms with Gasteiger partial charge in [0, 0.05) is 23.8 Å². The highest BCUT2D eigenvalue weighted by atomic mass is 19.1. The van der Waals surface area contributed by atoms with E-state index in [2.05, 4.69) is 30.6 Å². The zero-order valence-electron chi connectivity index (χ0n) is 13.9. The van der Waals surface area contributed by atoms with Gasteiger partial charge in [0.05, 0.1) is 0 Å². The SMILES string of the molecule is Cc1ccc(Nc2nc(Nc3ccc(F)cc3)nc3nccnc23)cc1. The maximum atomic E-state index is 13.1. The summed E-state index contributed by atoms with van der Waals surface area (Å²) in [6, 6.07) is 13.9. The predicted octanol–water partition coefficient (Wildman–Crippen LogP) is 4.35. The van der Waals surface area contributed by atoms with Gasteiger partial charge in [0.25, 0.3) is 0 Å². The predicted molar refractivity (Wildman–Crippen MR) is 99.3 cm³/mol. The summed E-state index contributed by atoms with van der Waals surface area (Å²) in [7, 11) is 0. The van der Waals surface area contributed by atoms with Crippen LogP contribution in [0.5, 0.6) is 0 Å². The van der Waals surface area contributed by atoms with Crippen LogP contribution in [-0.4, -0.2) is 19.9 Å². The van der Waals surface area contributed by atoms with E-state index in [-0.39, 0.29) is 5.82 Å². The molecule has 0 aliphatic heterocycles. The number of halogens is 1. The first kappa shape index (κ1) is 15.9. The number of nitrogens with zero attached hydrogens (tertiary/aromatic N) is 4. The number of nitrogens with one attached hydrogen (secondary N) is 2. The van der Waals surface area contributed by atoms with Crippen LogP contribution in [-0.2, 0) is 0 Å². The smallest absolute Gasteiger partial charge is 0.231 e. The van der Waals surface area contributed by atoms with Crippen molar-refractivity contribution < 1.29 is 4.39 Å². The average molecular weight is 346 g/mol. The Balaban J connectivity index is 1.72. The van der Waals surface area contributed by atoms with Crippen LogP contribution in [0, 0.1) is 12.7 Å². The van der Waals surface area contributed by atoms with Gasteiger partial charge in [-0.3, -0.25) is 0 Å². The van der Waals surface area contributed by atoms with Crippen molar-refractivity contribution in [2.24, 2.45) is 0 Å². The molecule has 4 aromatic rings. The van der Waals surface area contributed by atoms with E-state index < -0.39 is 0 Å². The van der Waals surface area contributed by atoms with E-state index in [4.69, 9.17) is 0 Å². The fourth-order valence-electron chi connectivity index (χ4n) is 2.44. The van der Waals surface area contributed by atoms with Crippen LogP contribution in [0.3, 0.4) is 0 Å². The van der Waals surface area contributed by atoms with Crippen molar-refractivity contribution in [1.29, 1.82) is 0 Å². The molecular weight excluding hydrogens is 331 g/mol. The number of aryl methyl sites for hydroxylation is 1. The van der Waals surface area contributed by atoms with Crippen molar-refractivity contribution in [2.45, 2.75) is 6.92 Å². The van der Waals surface area contributed by atoms with E-state index in [1.54, 1.807) is 24.5 Å². The van der Waals surface area contributed by atoms with Gasteiger partial charge in [0.15, 0.2) is 17.0 Å². The van der Waals surface area contributed by atoms with Crippen LogP contribution in [0.1, 0.15) is 5.56 Å². The summed E-state index contributed by atoms with van der Waals surface area (Å²) in [5.41, 5.74) is 3.76. The molecule has 26 heavy (non-hydrogen) atoms. The van der Waals surface area contributed by atoms with Gasteiger partial charge < -0.3 is 10.6 Å². The zero-order chi connectivity index (χ0) is 17.9. The summed E-state index contributed by atoms with van der Waals surface area (Å²) >= 11 is 0. The molecular formula is C19H15FN6. The molecule has 0 atom stereocenters. The first-order valence-corrected chi connectivity index (χ1v) is 8.02. The largest absolute Gasteiger partial charge is 0.338 e. The quantitative estimate of drug-likeness (QED) is 0.572. The van der Waals surface area contributed by atoms with Gasteiger partial charge in [0.2, 0.25) is 5.95 Å². The molecule has 2 N–H and O–H groups in total. The van der Waals surface area contributed by atoms with Gasteiger partial charge in [-0.1, -0.05) is 17.7 Å². The lowest BCUT2D eigenvalue weighted by molar-refractivity contribution is 0.628. The van der Waals surface area contributed by atoms with Gasteiger partial charge in [-0.15, -0.1) is 0 Å². The number of hydrogen-bond donors (Lipinski definition) is 2. The molecule has 0 aliphatic carbocycles. The Hall–Kier alpha value is -3.61. The summed E-state index contributed by atoms with van der Waals surface area (Å²) in [4.78, 5) is 17.5. The van der Waals surface area contributed by atoms with E-state index >= 15 is 0 Å². The Morgan fingerprint density at radius 1 is 0.769 bits per heavy atom. The second kappa shape index (κ2) is 6.72. The maximum Gasteiger partial charge on any atom is 0.231 e. The van der Waals surface area contributed by atoms with Gasteiger partial charge in [-0.25, -0.2) is 14.4 Å². The number of benzene rings is 2. The summed E-state index contributed by atoms with van der Waals surface area (Å²) in [5.74, 6) is 0.582. The third-order valence-corrected chi connectivity index (χ3v) is 3.75. The van der Waals surface area contributed by atoms with Crippen molar-refractivity contribution in [1.82, 2.24) is 19.9 Å². The number of fused-ring (bicyclic) bond motifs is 1. The second-order valence-electron chi connectivity index (χ2n) is 5.75. The zero-order valence-corrected chi connectivity index (χ0v) is 13.9. The normalized spacial score (nSPS) is 10.7. The van der Waals surface area contributed by atoms with Crippen molar-refractivity contribution >= 4 is 34.3 Å². The molecule has 0 saturated carbocycles. The van der Waals surface area contributed by atoms with Crippen molar-refractivity contribution in [3.05, 3.63) is 72.3 Å². The Morgan fingerprint density at radius 3 is 2.19 bits per heavy atom. The van der Waals surface area contributed by atoms with Crippen LogP contribution >= 0.6 is 0 Å². The lowest BCUT2D eigenvalue weighted by atomic mass is 10.2. The number of aromatic nitrogens is 4. The maximum absolute atomic E-state index is 13.1. The third kappa shape index (κ3) is 3.41. The molecule has 0 bridgehead atoms. The van der Waals surface area contributed by atoms with E-state index in [0.717, 1.165) is 5.69 Å². The van der Waals surface area contributed by atoms with Crippen molar-refractivity contribution in [3.8, 4) is 0 Å². The molecule has 4 rings (SSSR count). The molecule has 6 nitrogen and oxygen atoms in total. The lowest BCUT2D eigenvalue weighted by Crippen LogP contribution is -2.04. The van der Waals surface area contributed by atoms with E-state index in [1.807, 2.05) is 31.2 Å². The molecule has 2 aromatic carbocycles. The Bertz CT molecular complexity index is 1050. The highest BCUT2D eigenvalue weighted by Crippen LogP contribution is 2.24. The van der Waals surface area contributed by atoms with Crippen LogP contribution in [0.4, 0.5) is 27.5 Å². The Morgan fingerprint density at radius 2 is 1.42 bits per heavy atom. The molecule has 0 unspecified atom stereocenters. The van der Waals surface area contributed by atoms with Crippen molar-refractivity contribution in [3.63, 3.8) is 0 Å². The molecule has 0 saturated heterocycles. The average Bonchev–Trinajstić information content (AvgIpc) is 2.65. The van der Waals surface area contributed by atoms with Gasteiger partial charge in [-0.05, 0) is 43.3 Å². The van der Waals surface area contributed by atoms with Gasteiger partial charge in [-0.2, -0.15) is 9.97 Å². The second-order valence-corrected chi connectivity index (χ2v) is 5.75. The van der Waals surface area contributed by atoms with Crippen LogP contribution in [0.2, 0.25) is 0 Å². The topological polar surface area (TPSA) is 75.6 Å². The molecule has 0 fully saturated rings. The molecule has 7 heteroatoms. The molecule has 0 aliphatic rings. The first-order chi connectivity index (χ1) is 12.7. The van der Waals surface area contributed by atoms with Gasteiger partial charge >= 0.3 is 0 Å². The molecule has 128 valence electrons. The molecule has 0 amide bonds. The number of anilines is 4. The Kier molecular flexibility index (Phi) is 4.10. The summed E-state index contributed by atoms with van der Waals surface area (Å²) in [6.07, 6.45) is 3.17. The fraction of sp³-hybridized carbons (Fsp3) is 0.0526. The van der Waals surface area contributed by atoms with Crippen LogP contribution < -0.4 is 10.6 Å². The van der Waals surface area contributed by atoms with Crippen LogP contribution in [0.25, 0.3) is 11.2 Å². The van der Waals surface area contributed by atoms with Gasteiger partial charge in [0.1, 0.15) is 5.82 Å². The summed E-state index contributed by atoms with van der Waals surface area (Å²) in [5, 5.41) is 6.32. The minimum absolute atomic E-state index is 0.303. The van der Waals surface area contributed by atoms with E-state index in [0.29, 0.717) is 28.6 Å². The molecule has 2 aromatic heterocycles. The number of rotatable bonds is 4. The fourth-order valence-corrected chi connectivity index (χ4v) is 2.44. The number of hydrogen-bond acceptors (Lipinski definition) is 6. The lowest BCUT2D eigenvalue weighted by Gasteiger charge is -2.11. The summed E-state index contributed by atoms with van der Waals surface area (Å²) < 4.78 is 13.1. The standard InChI is InChI=1S/C19H15FN6/c1-12-2-6-14(7-3-12)23-18-16-17(22-11-10-21-16)25-19(26-18)24-15-8-4-13(20)5-9-15/h2-11H,1H3,(H2,22,23,24,25,26). The minimum Gasteiger partial charge on any atom is -0.338 e. The third-order valence-electron chi connectivity index (χ3n) is 3.75. The Labute approximate surface area is 149 Å². The first-order valence-electron chi connectivity index (χ1n) is 8.02. The minimum atomic E-state index is -0.303. The van der Waals surface area contributed by atoms with E-state index in [9.17, 15) is 4.39 Å². The monoisotopic (exact) mass is 346 g/mol.